The largest absolute Gasteiger partial charge is 0.376 e. The molecule has 0 aliphatic heterocycles. The van der Waals surface area contributed by atoms with E-state index in [0.717, 1.165) is 13.0 Å². The smallest absolute Gasteiger partial charge is 0.165 e. The highest BCUT2D eigenvalue weighted by molar-refractivity contribution is 7.80. The molecule has 0 aromatic rings. The van der Waals surface area contributed by atoms with Gasteiger partial charge in [0.15, 0.2) is 5.11 Å². The average molecular weight is 274 g/mol. The van der Waals surface area contributed by atoms with Gasteiger partial charge in [-0.25, -0.2) is 0 Å². The Morgan fingerprint density at radius 1 is 0.944 bits per heavy atom. The summed E-state index contributed by atoms with van der Waals surface area (Å²) in [6.07, 6.45) is 13.5. The fraction of sp³-hybridized carbons (Fsp3) is 0.929. The molecule has 0 rings (SSSR count). The number of thiocarbonyl (C=S) groups is 1. The van der Waals surface area contributed by atoms with Crippen molar-refractivity contribution < 1.29 is 4.74 Å². The number of hydrogen-bond acceptors (Lipinski definition) is 2. The van der Waals surface area contributed by atoms with Crippen LogP contribution in [0.4, 0.5) is 0 Å². The molecule has 0 unspecified atom stereocenters. The molecule has 3 N–H and O–H groups in total. The van der Waals surface area contributed by atoms with E-state index in [1.807, 2.05) is 0 Å². The lowest BCUT2D eigenvalue weighted by atomic mass is 10.1. The second kappa shape index (κ2) is 14.7. The summed E-state index contributed by atoms with van der Waals surface area (Å²) in [7, 11) is 0. The maximum Gasteiger partial charge on any atom is 0.165 e. The van der Waals surface area contributed by atoms with E-state index in [-0.39, 0.29) is 0 Å². The third-order valence-electron chi connectivity index (χ3n) is 2.99. The molecular weight excluding hydrogens is 244 g/mol. The van der Waals surface area contributed by atoms with Crippen molar-refractivity contribution in [3.05, 3.63) is 0 Å². The van der Waals surface area contributed by atoms with Gasteiger partial charge in [0.05, 0.1) is 0 Å². The van der Waals surface area contributed by atoms with Crippen LogP contribution >= 0.6 is 12.2 Å². The molecule has 108 valence electrons. The van der Waals surface area contributed by atoms with Gasteiger partial charge in [-0.3, -0.25) is 0 Å². The Bertz CT molecular complexity index is 189. The lowest BCUT2D eigenvalue weighted by Crippen LogP contribution is -2.31. The number of ether oxygens (including phenoxy) is 1. The first kappa shape index (κ1) is 17.6. The van der Waals surface area contributed by atoms with E-state index in [4.69, 9.17) is 10.5 Å². The highest BCUT2D eigenvalue weighted by atomic mass is 32.1. The fourth-order valence-corrected chi connectivity index (χ4v) is 1.94. The summed E-state index contributed by atoms with van der Waals surface area (Å²) in [6, 6.07) is 0. The molecule has 0 aliphatic rings. The van der Waals surface area contributed by atoms with Crippen LogP contribution in [0.3, 0.4) is 0 Å². The number of hydrogen-bond donors (Lipinski definition) is 2. The van der Waals surface area contributed by atoms with Crippen molar-refractivity contribution in [3.8, 4) is 0 Å². The van der Waals surface area contributed by atoms with Crippen LogP contribution in [0.1, 0.15) is 71.1 Å². The van der Waals surface area contributed by atoms with Crippen molar-refractivity contribution in [1.29, 1.82) is 0 Å². The predicted molar refractivity (Wildman–Crippen MR) is 82.6 cm³/mol. The molecule has 0 aromatic carbocycles. The first-order valence-electron chi connectivity index (χ1n) is 7.38. The van der Waals surface area contributed by atoms with Crippen molar-refractivity contribution in [2.24, 2.45) is 5.73 Å². The minimum Gasteiger partial charge on any atom is -0.376 e. The Hall–Kier alpha value is -0.350. The van der Waals surface area contributed by atoms with Gasteiger partial charge < -0.3 is 15.8 Å². The quantitative estimate of drug-likeness (QED) is 0.305. The maximum atomic E-state index is 5.34. The summed E-state index contributed by atoms with van der Waals surface area (Å²) in [5, 5.41) is 3.07. The molecular formula is C14H30N2OS. The van der Waals surface area contributed by atoms with Gasteiger partial charge in [0.25, 0.3) is 0 Å². The van der Waals surface area contributed by atoms with Crippen LogP contribution in [0.2, 0.25) is 0 Å². The maximum absolute atomic E-state index is 5.34. The first-order chi connectivity index (χ1) is 8.77. The zero-order valence-electron chi connectivity index (χ0n) is 11.9. The third kappa shape index (κ3) is 15.6. The number of rotatable bonds is 13. The predicted octanol–water partition coefficient (Wildman–Crippen LogP) is 3.71. The van der Waals surface area contributed by atoms with Crippen molar-refractivity contribution in [1.82, 2.24) is 5.32 Å². The van der Waals surface area contributed by atoms with Crippen molar-refractivity contribution in [2.75, 3.05) is 13.3 Å². The van der Waals surface area contributed by atoms with Crippen LogP contribution in [-0.4, -0.2) is 18.5 Å². The van der Waals surface area contributed by atoms with Crippen LogP contribution in [0.25, 0.3) is 0 Å². The van der Waals surface area contributed by atoms with Gasteiger partial charge in [-0.1, -0.05) is 64.7 Å². The minimum atomic E-state index is 0.304. The van der Waals surface area contributed by atoms with Crippen LogP contribution < -0.4 is 11.1 Å². The summed E-state index contributed by atoms with van der Waals surface area (Å²) in [5.74, 6) is 0. The number of unbranched alkanes of at least 4 members (excludes halogenated alkanes) is 9. The van der Waals surface area contributed by atoms with E-state index in [0.29, 0.717) is 11.8 Å². The molecule has 0 saturated heterocycles. The van der Waals surface area contributed by atoms with Crippen molar-refractivity contribution >= 4 is 17.3 Å². The molecule has 3 nitrogen and oxygen atoms in total. The molecule has 0 atom stereocenters. The Morgan fingerprint density at radius 3 is 1.94 bits per heavy atom. The lowest BCUT2D eigenvalue weighted by Gasteiger charge is -2.05. The normalized spacial score (nSPS) is 10.5. The number of nitrogens with one attached hydrogen (secondary N) is 1. The van der Waals surface area contributed by atoms with Crippen LogP contribution in [0, 0.1) is 0 Å². The minimum absolute atomic E-state index is 0.304. The second-order valence-electron chi connectivity index (χ2n) is 4.78. The molecule has 0 fully saturated rings. The van der Waals surface area contributed by atoms with E-state index in [9.17, 15) is 0 Å². The zero-order chi connectivity index (χ0) is 13.5. The zero-order valence-corrected chi connectivity index (χ0v) is 12.7. The van der Waals surface area contributed by atoms with E-state index in [2.05, 4.69) is 24.5 Å². The van der Waals surface area contributed by atoms with E-state index >= 15 is 0 Å². The van der Waals surface area contributed by atoms with E-state index in [1.165, 1.54) is 57.8 Å². The standard InChI is InChI=1S/C14H30N2OS/c1-2-3-4-5-6-7-8-9-10-11-12-17-13-16-14(15)18/h2-13H2,1H3,(H3,15,16,18). The van der Waals surface area contributed by atoms with Crippen molar-refractivity contribution in [3.63, 3.8) is 0 Å². The molecule has 18 heavy (non-hydrogen) atoms. The summed E-state index contributed by atoms with van der Waals surface area (Å²) in [5.41, 5.74) is 5.27. The SMILES string of the molecule is CCCCCCCCCCCCOCNC(N)=S. The average Bonchev–Trinajstić information content (AvgIpc) is 2.34. The molecule has 0 saturated carbocycles. The van der Waals surface area contributed by atoms with Gasteiger partial charge >= 0.3 is 0 Å². The molecule has 0 heterocycles. The Kier molecular flexibility index (Phi) is 14.4. The Labute approximate surface area is 118 Å². The monoisotopic (exact) mass is 274 g/mol. The molecule has 0 bridgehead atoms. The van der Waals surface area contributed by atoms with E-state index in [1.54, 1.807) is 0 Å². The van der Waals surface area contributed by atoms with Gasteiger partial charge in [0, 0.05) is 6.61 Å². The summed E-state index contributed by atoms with van der Waals surface area (Å²) in [6.45, 7) is 3.50. The molecule has 0 spiro atoms. The van der Waals surface area contributed by atoms with Crippen LogP contribution in [0.15, 0.2) is 0 Å². The summed E-state index contributed by atoms with van der Waals surface area (Å²) < 4.78 is 5.34. The van der Waals surface area contributed by atoms with Gasteiger partial charge in [0.2, 0.25) is 0 Å². The van der Waals surface area contributed by atoms with Crippen LogP contribution in [0.5, 0.6) is 0 Å². The van der Waals surface area contributed by atoms with Gasteiger partial charge in [0.1, 0.15) is 6.73 Å². The lowest BCUT2D eigenvalue weighted by molar-refractivity contribution is 0.125. The highest BCUT2D eigenvalue weighted by Crippen LogP contribution is 2.10. The Balaban J connectivity index is 2.92. The van der Waals surface area contributed by atoms with Gasteiger partial charge in [-0.05, 0) is 18.6 Å². The molecule has 0 amide bonds. The summed E-state index contributed by atoms with van der Waals surface area (Å²) >= 11 is 4.67. The van der Waals surface area contributed by atoms with Gasteiger partial charge in [-0.15, -0.1) is 0 Å². The number of nitrogens with two attached hydrogens (primary N) is 1. The van der Waals surface area contributed by atoms with Gasteiger partial charge in [-0.2, -0.15) is 0 Å². The molecule has 0 radical (unpaired) electrons. The third-order valence-corrected chi connectivity index (χ3v) is 3.14. The van der Waals surface area contributed by atoms with Crippen LogP contribution in [-0.2, 0) is 4.74 Å². The second-order valence-corrected chi connectivity index (χ2v) is 5.22. The molecule has 4 heteroatoms. The fourth-order valence-electron chi connectivity index (χ4n) is 1.89. The van der Waals surface area contributed by atoms with Crippen molar-refractivity contribution in [2.45, 2.75) is 71.1 Å². The Morgan fingerprint density at radius 2 is 1.44 bits per heavy atom. The van der Waals surface area contributed by atoms with E-state index < -0.39 is 0 Å². The first-order valence-corrected chi connectivity index (χ1v) is 7.79. The summed E-state index contributed by atoms with van der Waals surface area (Å²) in [4.78, 5) is 0. The highest BCUT2D eigenvalue weighted by Gasteiger charge is 1.93. The molecule has 0 aromatic heterocycles. The molecule has 0 aliphatic carbocycles. The topological polar surface area (TPSA) is 47.3 Å².